The lowest BCUT2D eigenvalue weighted by Gasteiger charge is -2.11. The van der Waals surface area contributed by atoms with Crippen molar-refractivity contribution in [3.63, 3.8) is 0 Å². The minimum atomic E-state index is 0.317. The number of nitrogens with zero attached hydrogens (tertiary/aromatic N) is 1. The summed E-state index contributed by atoms with van der Waals surface area (Å²) in [4.78, 5) is 3.92. The molecule has 62 valence electrons. The third kappa shape index (κ3) is 2.63. The Morgan fingerprint density at radius 3 is 2.83 bits per heavy atom. The Balaban J connectivity index is 2.48. The van der Waals surface area contributed by atoms with E-state index in [0.717, 1.165) is 12.1 Å². The number of hydrogen-bond donors (Lipinski definition) is 1. The Hall–Kier alpha value is -1.49. The van der Waals surface area contributed by atoms with Gasteiger partial charge in [0.25, 0.3) is 0 Å². The average molecular weight is 160 g/mol. The van der Waals surface area contributed by atoms with Crippen LogP contribution in [0.25, 0.3) is 0 Å². The molecule has 1 aromatic rings. The number of hydrogen-bond acceptors (Lipinski definition) is 2. The van der Waals surface area contributed by atoms with Crippen molar-refractivity contribution in [2.45, 2.75) is 19.4 Å². The largest absolute Gasteiger partial charge is 0.382 e. The van der Waals surface area contributed by atoms with Crippen LogP contribution >= 0.6 is 0 Å². The molecule has 0 fully saturated rings. The average Bonchev–Trinajstić information content (AvgIpc) is 2.06. The fourth-order valence-electron chi connectivity index (χ4n) is 0.960. The number of aromatic nitrogens is 1. The van der Waals surface area contributed by atoms with E-state index in [1.807, 2.05) is 12.1 Å². The van der Waals surface area contributed by atoms with Gasteiger partial charge < -0.3 is 5.32 Å². The van der Waals surface area contributed by atoms with Gasteiger partial charge in [0, 0.05) is 30.5 Å². The molecule has 1 aromatic heterocycles. The molecule has 0 amide bonds. The molecule has 0 radical (unpaired) electrons. The number of anilines is 1. The van der Waals surface area contributed by atoms with Crippen molar-refractivity contribution < 1.29 is 0 Å². The van der Waals surface area contributed by atoms with Crippen LogP contribution in [-0.4, -0.2) is 11.0 Å². The minimum Gasteiger partial charge on any atom is -0.382 e. The molecule has 0 saturated heterocycles. The van der Waals surface area contributed by atoms with Crippen LogP contribution in [0, 0.1) is 12.3 Å². The van der Waals surface area contributed by atoms with Gasteiger partial charge >= 0.3 is 0 Å². The lowest BCUT2D eigenvalue weighted by molar-refractivity contribution is 0.828. The van der Waals surface area contributed by atoms with E-state index in [4.69, 9.17) is 6.42 Å². The van der Waals surface area contributed by atoms with Crippen molar-refractivity contribution >= 4 is 5.69 Å². The van der Waals surface area contributed by atoms with Gasteiger partial charge in [0.2, 0.25) is 0 Å². The van der Waals surface area contributed by atoms with Crippen molar-refractivity contribution in [3.05, 3.63) is 24.5 Å². The third-order valence-corrected chi connectivity index (χ3v) is 1.52. The van der Waals surface area contributed by atoms with Crippen molar-refractivity contribution in [3.8, 4) is 12.3 Å². The van der Waals surface area contributed by atoms with E-state index >= 15 is 0 Å². The van der Waals surface area contributed by atoms with E-state index in [9.17, 15) is 0 Å². The molecule has 1 rings (SSSR count). The molecule has 1 atom stereocenters. The zero-order valence-corrected chi connectivity index (χ0v) is 7.12. The number of rotatable bonds is 3. The molecule has 0 spiro atoms. The first-order valence-corrected chi connectivity index (χ1v) is 3.93. The Labute approximate surface area is 73.0 Å². The summed E-state index contributed by atoms with van der Waals surface area (Å²) in [6, 6.07) is 4.16. The van der Waals surface area contributed by atoms with Crippen LogP contribution in [0.1, 0.15) is 13.3 Å². The fraction of sp³-hybridized carbons (Fsp3) is 0.300. The van der Waals surface area contributed by atoms with Crippen LogP contribution in [0.5, 0.6) is 0 Å². The van der Waals surface area contributed by atoms with Crippen LogP contribution in [0.2, 0.25) is 0 Å². The summed E-state index contributed by atoms with van der Waals surface area (Å²) >= 11 is 0. The first kappa shape index (κ1) is 8.61. The van der Waals surface area contributed by atoms with Crippen LogP contribution in [0.4, 0.5) is 5.69 Å². The highest BCUT2D eigenvalue weighted by Gasteiger charge is 1.97. The molecule has 0 aliphatic heterocycles. The summed E-state index contributed by atoms with van der Waals surface area (Å²) in [5, 5.41) is 3.26. The predicted octanol–water partition coefficient (Wildman–Crippen LogP) is 1.91. The first-order valence-electron chi connectivity index (χ1n) is 3.93. The monoisotopic (exact) mass is 160 g/mol. The number of terminal acetylenes is 1. The van der Waals surface area contributed by atoms with E-state index < -0.39 is 0 Å². The van der Waals surface area contributed by atoms with Gasteiger partial charge in [-0.15, -0.1) is 12.3 Å². The van der Waals surface area contributed by atoms with Gasteiger partial charge in [-0.25, -0.2) is 0 Å². The van der Waals surface area contributed by atoms with Crippen molar-refractivity contribution in [2.75, 3.05) is 5.32 Å². The second kappa shape index (κ2) is 4.40. The van der Waals surface area contributed by atoms with Crippen LogP contribution in [0.3, 0.4) is 0 Å². The molecule has 0 aromatic carbocycles. The summed E-state index contributed by atoms with van der Waals surface area (Å²) in [7, 11) is 0. The lowest BCUT2D eigenvalue weighted by Crippen LogP contribution is -2.13. The van der Waals surface area contributed by atoms with Gasteiger partial charge in [-0.05, 0) is 19.1 Å². The Morgan fingerprint density at radius 1 is 1.58 bits per heavy atom. The molecular formula is C10H12N2. The molecule has 0 saturated carbocycles. The maximum Gasteiger partial charge on any atom is 0.0373 e. The Kier molecular flexibility index (Phi) is 3.16. The zero-order chi connectivity index (χ0) is 8.81. The maximum atomic E-state index is 5.18. The number of nitrogens with one attached hydrogen (secondary N) is 1. The quantitative estimate of drug-likeness (QED) is 0.683. The molecule has 0 bridgehead atoms. The van der Waals surface area contributed by atoms with Gasteiger partial charge in [-0.3, -0.25) is 4.98 Å². The van der Waals surface area contributed by atoms with E-state index in [-0.39, 0.29) is 0 Å². The second-order valence-electron chi connectivity index (χ2n) is 2.69. The van der Waals surface area contributed by atoms with E-state index in [0.29, 0.717) is 6.04 Å². The SMILES string of the molecule is C#CCC(C)Nc1ccncc1. The van der Waals surface area contributed by atoms with Gasteiger partial charge in [-0.2, -0.15) is 0 Å². The van der Waals surface area contributed by atoms with E-state index in [1.165, 1.54) is 0 Å². The van der Waals surface area contributed by atoms with Gasteiger partial charge in [0.1, 0.15) is 0 Å². The maximum absolute atomic E-state index is 5.18. The molecular weight excluding hydrogens is 148 g/mol. The van der Waals surface area contributed by atoms with Crippen LogP contribution in [-0.2, 0) is 0 Å². The molecule has 0 aliphatic rings. The predicted molar refractivity (Wildman–Crippen MR) is 50.8 cm³/mol. The normalized spacial score (nSPS) is 11.7. The van der Waals surface area contributed by atoms with E-state index in [1.54, 1.807) is 12.4 Å². The highest BCUT2D eigenvalue weighted by atomic mass is 14.9. The van der Waals surface area contributed by atoms with Gasteiger partial charge in [0.15, 0.2) is 0 Å². The second-order valence-corrected chi connectivity index (χ2v) is 2.69. The highest BCUT2D eigenvalue weighted by Crippen LogP contribution is 2.06. The van der Waals surface area contributed by atoms with Gasteiger partial charge in [0.05, 0.1) is 0 Å². The molecule has 2 heteroatoms. The van der Waals surface area contributed by atoms with Crippen LogP contribution in [0.15, 0.2) is 24.5 Å². The highest BCUT2D eigenvalue weighted by molar-refractivity contribution is 5.41. The minimum absolute atomic E-state index is 0.317. The summed E-state index contributed by atoms with van der Waals surface area (Å²) in [6.45, 7) is 2.06. The Morgan fingerprint density at radius 2 is 2.25 bits per heavy atom. The summed E-state index contributed by atoms with van der Waals surface area (Å²) in [5.74, 6) is 2.61. The molecule has 12 heavy (non-hydrogen) atoms. The smallest absolute Gasteiger partial charge is 0.0373 e. The fourth-order valence-corrected chi connectivity index (χ4v) is 0.960. The van der Waals surface area contributed by atoms with Crippen LogP contribution < -0.4 is 5.32 Å². The summed E-state index contributed by atoms with van der Waals surface area (Å²) < 4.78 is 0. The summed E-state index contributed by atoms with van der Waals surface area (Å²) in [6.07, 6.45) is 9.43. The number of pyridine rings is 1. The van der Waals surface area contributed by atoms with Crippen molar-refractivity contribution in [2.24, 2.45) is 0 Å². The first-order chi connectivity index (χ1) is 5.83. The molecule has 1 unspecified atom stereocenters. The molecule has 0 aliphatic carbocycles. The lowest BCUT2D eigenvalue weighted by atomic mass is 10.2. The third-order valence-electron chi connectivity index (χ3n) is 1.52. The molecule has 1 N–H and O–H groups in total. The summed E-state index contributed by atoms with van der Waals surface area (Å²) in [5.41, 5.74) is 1.06. The van der Waals surface area contributed by atoms with E-state index in [2.05, 4.69) is 23.1 Å². The van der Waals surface area contributed by atoms with Crippen molar-refractivity contribution in [1.82, 2.24) is 4.98 Å². The zero-order valence-electron chi connectivity index (χ0n) is 7.12. The topological polar surface area (TPSA) is 24.9 Å². The van der Waals surface area contributed by atoms with Gasteiger partial charge in [-0.1, -0.05) is 0 Å². The molecule has 1 heterocycles. The Bertz CT molecular complexity index is 261. The van der Waals surface area contributed by atoms with Crippen molar-refractivity contribution in [1.29, 1.82) is 0 Å². The molecule has 2 nitrogen and oxygen atoms in total. The standard InChI is InChI=1S/C10H12N2/c1-3-4-9(2)12-10-5-7-11-8-6-10/h1,5-9H,4H2,2H3,(H,11,12).